The molecule has 3 rings (SSSR count). The summed E-state index contributed by atoms with van der Waals surface area (Å²) in [5.74, 6) is 0. The van der Waals surface area contributed by atoms with E-state index in [1.165, 1.54) is 32.4 Å². The molecular weight excluding hydrogens is 322 g/mol. The van der Waals surface area contributed by atoms with E-state index in [4.69, 9.17) is 11.6 Å². The van der Waals surface area contributed by atoms with Crippen LogP contribution in [0.15, 0.2) is 41.3 Å². The summed E-state index contributed by atoms with van der Waals surface area (Å²) in [4.78, 5) is 14.5. The first-order valence-corrected chi connectivity index (χ1v) is 8.97. The number of piperidine rings is 1. The maximum Gasteiger partial charge on any atom is 0.255 e. The zero-order chi connectivity index (χ0) is 16.9. The molecule has 5 heteroatoms. The van der Waals surface area contributed by atoms with Crippen molar-refractivity contribution < 1.29 is 0 Å². The summed E-state index contributed by atoms with van der Waals surface area (Å²) in [5, 5.41) is 4.00. The SMILES string of the molecule is Cc1ccc(=O)n(-c2ccc(NCCN3CCCCC3)cc2Cl)c1. The van der Waals surface area contributed by atoms with E-state index in [-0.39, 0.29) is 5.56 Å². The summed E-state index contributed by atoms with van der Waals surface area (Å²) in [6.45, 7) is 6.33. The number of nitrogens with one attached hydrogen (secondary N) is 1. The number of hydrogen-bond acceptors (Lipinski definition) is 3. The third kappa shape index (κ3) is 4.19. The molecular formula is C19H24ClN3O. The Hall–Kier alpha value is -1.78. The molecule has 1 aliphatic rings. The van der Waals surface area contributed by atoms with Crippen LogP contribution in [0, 0.1) is 6.92 Å². The molecule has 0 radical (unpaired) electrons. The standard InChI is InChI=1S/C19H24ClN3O/c1-15-5-8-19(24)23(14-15)18-7-6-16(13-17(18)20)21-9-12-22-10-3-2-4-11-22/h5-8,13-14,21H,2-4,9-12H2,1H3. The average molecular weight is 346 g/mol. The fourth-order valence-corrected chi connectivity index (χ4v) is 3.41. The van der Waals surface area contributed by atoms with Crippen molar-refractivity contribution >= 4 is 17.3 Å². The molecule has 0 bridgehead atoms. The van der Waals surface area contributed by atoms with E-state index in [1.807, 2.05) is 37.4 Å². The summed E-state index contributed by atoms with van der Waals surface area (Å²) in [5.41, 5.74) is 2.65. The first kappa shape index (κ1) is 17.1. The van der Waals surface area contributed by atoms with Crippen LogP contribution in [0.5, 0.6) is 0 Å². The number of rotatable bonds is 5. The van der Waals surface area contributed by atoms with Crippen molar-refractivity contribution in [3.8, 4) is 5.69 Å². The molecule has 1 aliphatic heterocycles. The molecule has 1 aromatic heterocycles. The summed E-state index contributed by atoms with van der Waals surface area (Å²) < 4.78 is 1.59. The molecule has 0 unspecified atom stereocenters. The molecule has 1 N–H and O–H groups in total. The van der Waals surface area contributed by atoms with Gasteiger partial charge in [-0.25, -0.2) is 0 Å². The number of hydrogen-bond donors (Lipinski definition) is 1. The highest BCUT2D eigenvalue weighted by atomic mass is 35.5. The van der Waals surface area contributed by atoms with Gasteiger partial charge in [0.05, 0.1) is 10.7 Å². The van der Waals surface area contributed by atoms with Gasteiger partial charge < -0.3 is 10.2 Å². The number of aromatic nitrogens is 1. The van der Waals surface area contributed by atoms with Gasteiger partial charge >= 0.3 is 0 Å². The van der Waals surface area contributed by atoms with E-state index in [2.05, 4.69) is 10.2 Å². The van der Waals surface area contributed by atoms with E-state index in [0.717, 1.165) is 24.3 Å². The lowest BCUT2D eigenvalue weighted by Gasteiger charge is -2.26. The van der Waals surface area contributed by atoms with Gasteiger partial charge in [0, 0.05) is 31.0 Å². The zero-order valence-corrected chi connectivity index (χ0v) is 14.9. The van der Waals surface area contributed by atoms with Crippen molar-refractivity contribution in [2.24, 2.45) is 0 Å². The summed E-state index contributed by atoms with van der Waals surface area (Å²) in [6, 6.07) is 9.14. The maximum atomic E-state index is 12.0. The van der Waals surface area contributed by atoms with Crippen LogP contribution in [-0.4, -0.2) is 35.6 Å². The third-order valence-electron chi connectivity index (χ3n) is 4.47. The van der Waals surface area contributed by atoms with Crippen LogP contribution in [0.2, 0.25) is 5.02 Å². The number of anilines is 1. The molecule has 0 amide bonds. The quantitative estimate of drug-likeness (QED) is 0.897. The van der Waals surface area contributed by atoms with Crippen molar-refractivity contribution in [1.29, 1.82) is 0 Å². The highest BCUT2D eigenvalue weighted by Gasteiger charge is 2.10. The predicted molar refractivity (Wildman–Crippen MR) is 101 cm³/mol. The molecule has 2 aromatic rings. The largest absolute Gasteiger partial charge is 0.384 e. The Balaban J connectivity index is 1.66. The normalized spacial score (nSPS) is 15.4. The molecule has 0 spiro atoms. The summed E-state index contributed by atoms with van der Waals surface area (Å²) in [7, 11) is 0. The number of nitrogens with zero attached hydrogens (tertiary/aromatic N) is 2. The van der Waals surface area contributed by atoms with E-state index < -0.39 is 0 Å². The van der Waals surface area contributed by atoms with Crippen LogP contribution in [0.4, 0.5) is 5.69 Å². The second-order valence-corrected chi connectivity index (χ2v) is 6.82. The number of aryl methyl sites for hydroxylation is 1. The molecule has 0 saturated carbocycles. The number of likely N-dealkylation sites (tertiary alicyclic amines) is 1. The van der Waals surface area contributed by atoms with Crippen LogP contribution < -0.4 is 10.9 Å². The minimum Gasteiger partial charge on any atom is -0.384 e. The lowest BCUT2D eigenvalue weighted by atomic mass is 10.1. The highest BCUT2D eigenvalue weighted by molar-refractivity contribution is 6.32. The van der Waals surface area contributed by atoms with Gasteiger partial charge in [-0.1, -0.05) is 24.1 Å². The number of benzene rings is 1. The Morgan fingerprint density at radius 1 is 1.12 bits per heavy atom. The Morgan fingerprint density at radius 2 is 1.92 bits per heavy atom. The Kier molecular flexibility index (Phi) is 5.59. The molecule has 128 valence electrons. The zero-order valence-electron chi connectivity index (χ0n) is 14.1. The summed E-state index contributed by atoms with van der Waals surface area (Å²) in [6.07, 6.45) is 5.80. The van der Waals surface area contributed by atoms with Gasteiger partial charge in [0.15, 0.2) is 0 Å². The minimum atomic E-state index is -0.0756. The topological polar surface area (TPSA) is 37.3 Å². The van der Waals surface area contributed by atoms with E-state index >= 15 is 0 Å². The second-order valence-electron chi connectivity index (χ2n) is 6.41. The summed E-state index contributed by atoms with van der Waals surface area (Å²) >= 11 is 6.41. The lowest BCUT2D eigenvalue weighted by molar-refractivity contribution is 0.237. The number of halogens is 1. The molecule has 0 aliphatic carbocycles. The Labute approximate surface area is 148 Å². The average Bonchev–Trinajstić information content (AvgIpc) is 2.58. The van der Waals surface area contributed by atoms with Crippen LogP contribution >= 0.6 is 11.6 Å². The predicted octanol–water partition coefficient (Wildman–Crippen LogP) is 3.70. The molecule has 24 heavy (non-hydrogen) atoms. The second kappa shape index (κ2) is 7.86. The molecule has 1 aromatic carbocycles. The van der Waals surface area contributed by atoms with E-state index in [0.29, 0.717) is 10.7 Å². The molecule has 2 heterocycles. The third-order valence-corrected chi connectivity index (χ3v) is 4.77. The van der Waals surface area contributed by atoms with Gasteiger partial charge in [-0.05, 0) is 56.6 Å². The minimum absolute atomic E-state index is 0.0756. The van der Waals surface area contributed by atoms with Crippen LogP contribution in [0.25, 0.3) is 5.69 Å². The van der Waals surface area contributed by atoms with Crippen molar-refractivity contribution in [2.45, 2.75) is 26.2 Å². The Bertz CT molecular complexity index is 751. The van der Waals surface area contributed by atoms with E-state index in [1.54, 1.807) is 10.6 Å². The monoisotopic (exact) mass is 345 g/mol. The highest BCUT2D eigenvalue weighted by Crippen LogP contribution is 2.23. The Morgan fingerprint density at radius 3 is 2.67 bits per heavy atom. The fraction of sp³-hybridized carbons (Fsp3) is 0.421. The van der Waals surface area contributed by atoms with Crippen molar-refractivity contribution in [3.63, 3.8) is 0 Å². The van der Waals surface area contributed by atoms with E-state index in [9.17, 15) is 4.79 Å². The number of pyridine rings is 1. The lowest BCUT2D eigenvalue weighted by Crippen LogP contribution is -2.33. The van der Waals surface area contributed by atoms with Crippen molar-refractivity contribution in [3.05, 3.63) is 57.5 Å². The smallest absolute Gasteiger partial charge is 0.255 e. The van der Waals surface area contributed by atoms with Crippen LogP contribution in [-0.2, 0) is 0 Å². The molecule has 0 atom stereocenters. The van der Waals surface area contributed by atoms with Crippen LogP contribution in [0.1, 0.15) is 24.8 Å². The van der Waals surface area contributed by atoms with Gasteiger partial charge in [0.25, 0.3) is 5.56 Å². The first-order chi connectivity index (χ1) is 11.6. The fourth-order valence-electron chi connectivity index (χ4n) is 3.14. The van der Waals surface area contributed by atoms with Crippen LogP contribution in [0.3, 0.4) is 0 Å². The van der Waals surface area contributed by atoms with Gasteiger partial charge in [-0.15, -0.1) is 0 Å². The molecule has 1 fully saturated rings. The molecule has 1 saturated heterocycles. The van der Waals surface area contributed by atoms with Gasteiger partial charge in [0.2, 0.25) is 0 Å². The maximum absolute atomic E-state index is 12.0. The van der Waals surface area contributed by atoms with Gasteiger partial charge in [0.1, 0.15) is 0 Å². The first-order valence-electron chi connectivity index (χ1n) is 8.59. The van der Waals surface area contributed by atoms with Gasteiger partial charge in [-0.2, -0.15) is 0 Å². The molecule has 4 nitrogen and oxygen atoms in total. The van der Waals surface area contributed by atoms with Crippen molar-refractivity contribution in [2.75, 3.05) is 31.5 Å². The van der Waals surface area contributed by atoms with Crippen molar-refractivity contribution in [1.82, 2.24) is 9.47 Å². The van der Waals surface area contributed by atoms with Gasteiger partial charge in [-0.3, -0.25) is 9.36 Å².